The summed E-state index contributed by atoms with van der Waals surface area (Å²) in [4.78, 5) is 39.7. The van der Waals surface area contributed by atoms with Crippen LogP contribution in [0.4, 0.5) is 4.79 Å². The van der Waals surface area contributed by atoms with E-state index in [0.717, 1.165) is 19.3 Å². The van der Waals surface area contributed by atoms with Gasteiger partial charge in [0.2, 0.25) is 5.91 Å². The number of ketones is 1. The minimum Gasteiger partial charge on any atom is -0.444 e. The number of rotatable bonds is 1. The van der Waals surface area contributed by atoms with Crippen molar-refractivity contribution in [2.75, 3.05) is 19.6 Å². The molecule has 2 aliphatic heterocycles. The van der Waals surface area contributed by atoms with Crippen LogP contribution in [-0.4, -0.2) is 58.4 Å². The SMILES string of the molecule is CC(C)(C)OC(=O)N1CCCC12CCN(C(=O)C1CC(=O)C1)C2. The molecule has 6 nitrogen and oxygen atoms in total. The van der Waals surface area contributed by atoms with Gasteiger partial charge >= 0.3 is 6.09 Å². The molecule has 2 amide bonds. The van der Waals surface area contributed by atoms with E-state index in [2.05, 4.69) is 0 Å². The number of amides is 2. The maximum Gasteiger partial charge on any atom is 0.410 e. The van der Waals surface area contributed by atoms with Gasteiger partial charge in [-0.25, -0.2) is 4.79 Å². The zero-order chi connectivity index (χ0) is 16.8. The number of carbonyl (C=O) groups excluding carboxylic acids is 3. The summed E-state index contributed by atoms with van der Waals surface area (Å²) in [5.41, 5.74) is -0.785. The van der Waals surface area contributed by atoms with E-state index in [9.17, 15) is 14.4 Å². The van der Waals surface area contributed by atoms with Crippen LogP contribution in [0.1, 0.15) is 52.9 Å². The second-order valence-corrected chi connectivity index (χ2v) is 8.11. The summed E-state index contributed by atoms with van der Waals surface area (Å²) >= 11 is 0. The lowest BCUT2D eigenvalue weighted by Gasteiger charge is -2.36. The molecule has 1 aliphatic carbocycles. The van der Waals surface area contributed by atoms with Gasteiger partial charge in [-0.3, -0.25) is 9.59 Å². The van der Waals surface area contributed by atoms with E-state index in [4.69, 9.17) is 4.74 Å². The molecule has 128 valence electrons. The molecule has 0 aromatic rings. The molecule has 6 heteroatoms. The molecule has 2 saturated heterocycles. The lowest BCUT2D eigenvalue weighted by molar-refractivity contribution is -0.144. The maximum atomic E-state index is 12.5. The fourth-order valence-corrected chi connectivity index (χ4v) is 3.93. The third-order valence-electron chi connectivity index (χ3n) is 5.15. The highest BCUT2D eigenvalue weighted by atomic mass is 16.6. The van der Waals surface area contributed by atoms with E-state index in [1.807, 2.05) is 30.6 Å². The molecule has 23 heavy (non-hydrogen) atoms. The van der Waals surface area contributed by atoms with Crippen LogP contribution in [0, 0.1) is 5.92 Å². The average molecular weight is 322 g/mol. The molecular weight excluding hydrogens is 296 g/mol. The molecule has 1 saturated carbocycles. The van der Waals surface area contributed by atoms with Gasteiger partial charge < -0.3 is 14.5 Å². The van der Waals surface area contributed by atoms with Crippen molar-refractivity contribution in [2.24, 2.45) is 5.92 Å². The first-order valence-corrected chi connectivity index (χ1v) is 8.51. The van der Waals surface area contributed by atoms with Crippen molar-refractivity contribution >= 4 is 17.8 Å². The third kappa shape index (κ3) is 3.08. The molecule has 0 N–H and O–H groups in total. The van der Waals surface area contributed by atoms with Gasteiger partial charge in [0.25, 0.3) is 0 Å². The highest BCUT2D eigenvalue weighted by Crippen LogP contribution is 2.40. The second-order valence-electron chi connectivity index (χ2n) is 8.11. The van der Waals surface area contributed by atoms with E-state index in [1.54, 1.807) is 0 Å². The first kappa shape index (κ1) is 16.3. The van der Waals surface area contributed by atoms with Crippen molar-refractivity contribution in [3.8, 4) is 0 Å². The predicted molar refractivity (Wildman–Crippen MR) is 83.8 cm³/mol. The van der Waals surface area contributed by atoms with Gasteiger partial charge in [-0.1, -0.05) is 0 Å². The summed E-state index contributed by atoms with van der Waals surface area (Å²) in [6, 6.07) is 0. The van der Waals surface area contributed by atoms with Crippen molar-refractivity contribution in [1.29, 1.82) is 0 Å². The average Bonchev–Trinajstić information content (AvgIpc) is 3.00. The molecule has 1 unspecified atom stereocenters. The van der Waals surface area contributed by atoms with Gasteiger partial charge in [0.05, 0.1) is 11.5 Å². The Kier molecular flexibility index (Phi) is 3.89. The second kappa shape index (κ2) is 5.49. The van der Waals surface area contributed by atoms with E-state index in [1.165, 1.54) is 0 Å². The summed E-state index contributed by atoms with van der Waals surface area (Å²) in [7, 11) is 0. The minimum atomic E-state index is -0.513. The van der Waals surface area contributed by atoms with Crippen LogP contribution in [-0.2, 0) is 14.3 Å². The molecular formula is C17H26N2O4. The molecule has 2 heterocycles. The Bertz CT molecular complexity index is 531. The zero-order valence-electron chi connectivity index (χ0n) is 14.3. The normalized spacial score (nSPS) is 28.4. The summed E-state index contributed by atoms with van der Waals surface area (Å²) < 4.78 is 5.54. The number of carbonyl (C=O) groups is 3. The Labute approximate surface area is 137 Å². The molecule has 0 aromatic heterocycles. The van der Waals surface area contributed by atoms with Crippen LogP contribution in [0.25, 0.3) is 0 Å². The quantitative estimate of drug-likeness (QED) is 0.740. The van der Waals surface area contributed by atoms with E-state index >= 15 is 0 Å². The van der Waals surface area contributed by atoms with Crippen molar-refractivity contribution in [3.05, 3.63) is 0 Å². The van der Waals surface area contributed by atoms with Crippen molar-refractivity contribution < 1.29 is 19.1 Å². The molecule has 1 spiro atoms. The number of hydrogen-bond donors (Lipinski definition) is 0. The summed E-state index contributed by atoms with van der Waals surface area (Å²) in [6.45, 7) is 7.54. The summed E-state index contributed by atoms with van der Waals surface area (Å²) in [5.74, 6) is 0.125. The molecule has 3 aliphatic rings. The van der Waals surface area contributed by atoms with Gasteiger partial charge in [0.1, 0.15) is 11.4 Å². The summed E-state index contributed by atoms with van der Waals surface area (Å²) in [5, 5.41) is 0. The lowest BCUT2D eigenvalue weighted by atomic mass is 9.83. The molecule has 3 rings (SSSR count). The molecule has 0 radical (unpaired) electrons. The Morgan fingerprint density at radius 3 is 2.48 bits per heavy atom. The van der Waals surface area contributed by atoms with Gasteiger partial charge in [-0.05, 0) is 40.0 Å². The Morgan fingerprint density at radius 1 is 1.17 bits per heavy atom. The van der Waals surface area contributed by atoms with Crippen LogP contribution in [0.3, 0.4) is 0 Å². The molecule has 3 fully saturated rings. The Morgan fingerprint density at radius 2 is 1.87 bits per heavy atom. The van der Waals surface area contributed by atoms with Crippen LogP contribution in [0.5, 0.6) is 0 Å². The number of likely N-dealkylation sites (tertiary alicyclic amines) is 2. The minimum absolute atomic E-state index is 0.0810. The predicted octanol–water partition coefficient (Wildman–Crippen LogP) is 1.97. The topological polar surface area (TPSA) is 66.9 Å². The van der Waals surface area contributed by atoms with Crippen molar-refractivity contribution in [2.45, 2.75) is 64.0 Å². The van der Waals surface area contributed by atoms with Crippen molar-refractivity contribution in [1.82, 2.24) is 9.80 Å². The summed E-state index contributed by atoms with van der Waals surface area (Å²) in [6.07, 6.45) is 3.17. The molecule has 0 bridgehead atoms. The highest BCUT2D eigenvalue weighted by molar-refractivity contribution is 5.96. The standard InChI is InChI=1S/C17H26N2O4/c1-16(2,3)23-15(22)19-7-4-5-17(19)6-8-18(11-17)14(21)12-9-13(20)10-12/h12H,4-11H2,1-3H3. The van der Waals surface area contributed by atoms with Crippen LogP contribution in [0.2, 0.25) is 0 Å². The van der Waals surface area contributed by atoms with E-state index in [-0.39, 0.29) is 29.2 Å². The number of hydrogen-bond acceptors (Lipinski definition) is 4. The largest absolute Gasteiger partial charge is 0.444 e. The smallest absolute Gasteiger partial charge is 0.410 e. The fourth-order valence-electron chi connectivity index (χ4n) is 3.93. The fraction of sp³-hybridized carbons (Fsp3) is 0.824. The molecule has 1 atom stereocenters. The number of ether oxygens (including phenoxy) is 1. The van der Waals surface area contributed by atoms with Gasteiger partial charge in [0.15, 0.2) is 0 Å². The van der Waals surface area contributed by atoms with E-state index in [0.29, 0.717) is 32.5 Å². The van der Waals surface area contributed by atoms with Crippen molar-refractivity contribution in [3.63, 3.8) is 0 Å². The third-order valence-corrected chi connectivity index (χ3v) is 5.15. The monoisotopic (exact) mass is 322 g/mol. The number of Topliss-reactive ketones (excluding diaryl/α,β-unsaturated/α-hetero) is 1. The first-order valence-electron chi connectivity index (χ1n) is 8.51. The Balaban J connectivity index is 1.66. The van der Waals surface area contributed by atoms with Crippen LogP contribution in [0.15, 0.2) is 0 Å². The van der Waals surface area contributed by atoms with Gasteiger partial charge in [-0.15, -0.1) is 0 Å². The lowest BCUT2D eigenvalue weighted by Crippen LogP contribution is -2.51. The Hall–Kier alpha value is -1.59. The first-order chi connectivity index (χ1) is 10.7. The van der Waals surface area contributed by atoms with E-state index < -0.39 is 5.60 Å². The zero-order valence-corrected chi connectivity index (χ0v) is 14.3. The van der Waals surface area contributed by atoms with Crippen LogP contribution < -0.4 is 0 Å². The molecule has 0 aromatic carbocycles. The van der Waals surface area contributed by atoms with Gasteiger partial charge in [0, 0.05) is 32.5 Å². The number of nitrogens with zero attached hydrogens (tertiary/aromatic N) is 2. The maximum absolute atomic E-state index is 12.5. The van der Waals surface area contributed by atoms with Gasteiger partial charge in [-0.2, -0.15) is 0 Å². The van der Waals surface area contributed by atoms with Crippen LogP contribution >= 0.6 is 0 Å². The highest BCUT2D eigenvalue weighted by Gasteiger charge is 2.51.